The molecule has 2 atom stereocenters. The van der Waals surface area contributed by atoms with Crippen LogP contribution in [0.5, 0.6) is 0 Å². The fourth-order valence-electron chi connectivity index (χ4n) is 2.69. The Morgan fingerprint density at radius 1 is 1.35 bits per heavy atom. The molecule has 0 aromatic heterocycles. The largest absolute Gasteiger partial charge is 0.481 e. The predicted molar refractivity (Wildman–Crippen MR) is 72.0 cm³/mol. The maximum atomic E-state index is 13.0. The molecule has 0 radical (unpaired) electrons. The first-order chi connectivity index (χ1) is 9.47. The summed E-state index contributed by atoms with van der Waals surface area (Å²) in [5, 5.41) is 11.9. The Balaban J connectivity index is 2.02. The molecular formula is C15H18FNO3. The van der Waals surface area contributed by atoms with Crippen LogP contribution in [0, 0.1) is 18.7 Å². The van der Waals surface area contributed by atoms with Crippen LogP contribution in [-0.4, -0.2) is 23.0 Å². The fraction of sp³-hybridized carbons (Fsp3) is 0.467. The molecule has 20 heavy (non-hydrogen) atoms. The summed E-state index contributed by atoms with van der Waals surface area (Å²) in [5.41, 5.74) is 1.01. The van der Waals surface area contributed by atoms with Crippen molar-refractivity contribution in [1.29, 1.82) is 0 Å². The van der Waals surface area contributed by atoms with E-state index >= 15 is 0 Å². The van der Waals surface area contributed by atoms with Crippen molar-refractivity contribution in [2.75, 3.05) is 0 Å². The molecule has 0 aliphatic heterocycles. The molecule has 1 fully saturated rings. The Hall–Kier alpha value is -1.91. The molecule has 0 heterocycles. The second-order valence-corrected chi connectivity index (χ2v) is 5.33. The summed E-state index contributed by atoms with van der Waals surface area (Å²) < 4.78 is 13.0. The average molecular weight is 279 g/mol. The molecule has 1 aliphatic rings. The quantitative estimate of drug-likeness (QED) is 0.893. The molecule has 0 spiro atoms. The van der Waals surface area contributed by atoms with Gasteiger partial charge < -0.3 is 10.4 Å². The smallest absolute Gasteiger partial charge is 0.306 e. The van der Waals surface area contributed by atoms with E-state index in [9.17, 15) is 14.0 Å². The number of halogens is 1. The highest BCUT2D eigenvalue weighted by Crippen LogP contribution is 2.25. The van der Waals surface area contributed by atoms with Gasteiger partial charge in [-0.15, -0.1) is 0 Å². The first-order valence-corrected chi connectivity index (χ1v) is 6.77. The van der Waals surface area contributed by atoms with Crippen molar-refractivity contribution >= 4 is 11.9 Å². The molecule has 0 saturated heterocycles. The van der Waals surface area contributed by atoms with Crippen LogP contribution >= 0.6 is 0 Å². The second kappa shape index (κ2) is 6.03. The third-order valence-corrected chi connectivity index (χ3v) is 3.79. The van der Waals surface area contributed by atoms with E-state index in [0.717, 1.165) is 12.8 Å². The van der Waals surface area contributed by atoms with Crippen molar-refractivity contribution in [2.24, 2.45) is 5.92 Å². The number of carboxylic acid groups (broad SMARTS) is 1. The van der Waals surface area contributed by atoms with Crippen LogP contribution < -0.4 is 5.32 Å². The number of rotatable bonds is 3. The molecule has 2 unspecified atom stereocenters. The van der Waals surface area contributed by atoms with Gasteiger partial charge in [-0.3, -0.25) is 9.59 Å². The maximum Gasteiger partial charge on any atom is 0.306 e. The van der Waals surface area contributed by atoms with Crippen LogP contribution in [0.15, 0.2) is 18.2 Å². The fourth-order valence-corrected chi connectivity index (χ4v) is 2.69. The summed E-state index contributed by atoms with van der Waals surface area (Å²) in [6, 6.07) is 3.90. The van der Waals surface area contributed by atoms with E-state index in [1.54, 1.807) is 6.92 Å². The Morgan fingerprint density at radius 3 is 2.75 bits per heavy atom. The summed E-state index contributed by atoms with van der Waals surface area (Å²) in [7, 11) is 0. The lowest BCUT2D eigenvalue weighted by atomic mass is 9.85. The molecule has 1 aromatic rings. The van der Waals surface area contributed by atoms with Gasteiger partial charge in [0.2, 0.25) is 0 Å². The number of hydrogen-bond donors (Lipinski definition) is 2. The van der Waals surface area contributed by atoms with Crippen LogP contribution in [0.2, 0.25) is 0 Å². The zero-order valence-corrected chi connectivity index (χ0v) is 11.4. The Kier molecular flexibility index (Phi) is 4.37. The minimum absolute atomic E-state index is 0.123. The Morgan fingerprint density at radius 2 is 2.10 bits per heavy atom. The standard InChI is InChI=1S/C15H18FNO3/c1-9-7-11(16)5-6-13(9)14(18)17-12-4-2-3-10(8-12)15(19)20/h5-7,10,12H,2-4,8H2,1H3,(H,17,18)(H,19,20). The normalized spacial score (nSPS) is 22.3. The molecule has 2 rings (SSSR count). The predicted octanol–water partition coefficient (Wildman–Crippen LogP) is 2.51. The number of carboxylic acids is 1. The van der Waals surface area contributed by atoms with Crippen molar-refractivity contribution < 1.29 is 19.1 Å². The second-order valence-electron chi connectivity index (χ2n) is 5.33. The lowest BCUT2D eigenvalue weighted by Gasteiger charge is -2.27. The summed E-state index contributed by atoms with van der Waals surface area (Å²) in [6.45, 7) is 1.68. The van der Waals surface area contributed by atoms with Crippen molar-refractivity contribution in [2.45, 2.75) is 38.6 Å². The van der Waals surface area contributed by atoms with Gasteiger partial charge in [0.25, 0.3) is 5.91 Å². The summed E-state index contributed by atoms with van der Waals surface area (Å²) in [5.74, 6) is -1.83. The Bertz CT molecular complexity index is 530. The van der Waals surface area contributed by atoms with E-state index in [-0.39, 0.29) is 23.7 Å². The van der Waals surface area contributed by atoms with E-state index < -0.39 is 5.97 Å². The first kappa shape index (κ1) is 14.5. The maximum absolute atomic E-state index is 13.0. The van der Waals surface area contributed by atoms with Gasteiger partial charge in [0.1, 0.15) is 5.82 Å². The van der Waals surface area contributed by atoms with E-state index in [1.165, 1.54) is 18.2 Å². The highest BCUT2D eigenvalue weighted by molar-refractivity contribution is 5.95. The van der Waals surface area contributed by atoms with Crippen molar-refractivity contribution in [3.8, 4) is 0 Å². The number of carbonyl (C=O) groups excluding carboxylic acids is 1. The van der Waals surface area contributed by atoms with Gasteiger partial charge >= 0.3 is 5.97 Å². The summed E-state index contributed by atoms with van der Waals surface area (Å²) >= 11 is 0. The number of carbonyl (C=O) groups is 2. The molecule has 1 saturated carbocycles. The molecule has 4 nitrogen and oxygen atoms in total. The van der Waals surface area contributed by atoms with Gasteiger partial charge in [0.05, 0.1) is 5.92 Å². The van der Waals surface area contributed by atoms with Crippen molar-refractivity contribution in [1.82, 2.24) is 5.32 Å². The monoisotopic (exact) mass is 279 g/mol. The van der Waals surface area contributed by atoms with Gasteiger partial charge in [-0.05, 0) is 49.9 Å². The average Bonchev–Trinajstić information content (AvgIpc) is 2.38. The van der Waals surface area contributed by atoms with Crippen molar-refractivity contribution in [3.05, 3.63) is 35.1 Å². The minimum Gasteiger partial charge on any atom is -0.481 e. The molecule has 5 heteroatoms. The van der Waals surface area contributed by atoms with Crippen LogP contribution in [-0.2, 0) is 4.79 Å². The highest BCUT2D eigenvalue weighted by Gasteiger charge is 2.28. The van der Waals surface area contributed by atoms with E-state index in [0.29, 0.717) is 24.0 Å². The molecule has 1 amide bonds. The third-order valence-electron chi connectivity index (χ3n) is 3.79. The Labute approximate surface area is 117 Å². The molecule has 1 aliphatic carbocycles. The number of amides is 1. The van der Waals surface area contributed by atoms with Gasteiger partial charge in [-0.1, -0.05) is 6.42 Å². The van der Waals surface area contributed by atoms with E-state index in [2.05, 4.69) is 5.32 Å². The molecule has 108 valence electrons. The zero-order chi connectivity index (χ0) is 14.7. The van der Waals surface area contributed by atoms with E-state index in [4.69, 9.17) is 5.11 Å². The SMILES string of the molecule is Cc1cc(F)ccc1C(=O)NC1CCCC(C(=O)O)C1. The number of benzene rings is 1. The topological polar surface area (TPSA) is 66.4 Å². The van der Waals surface area contributed by atoms with Gasteiger partial charge in [0.15, 0.2) is 0 Å². The van der Waals surface area contributed by atoms with Crippen molar-refractivity contribution in [3.63, 3.8) is 0 Å². The number of aliphatic carboxylic acids is 1. The van der Waals surface area contributed by atoms with Crippen LogP contribution in [0.25, 0.3) is 0 Å². The van der Waals surface area contributed by atoms with Gasteiger partial charge in [-0.2, -0.15) is 0 Å². The number of aryl methyl sites for hydroxylation is 1. The van der Waals surface area contributed by atoms with Crippen LogP contribution in [0.3, 0.4) is 0 Å². The van der Waals surface area contributed by atoms with Gasteiger partial charge in [-0.25, -0.2) is 4.39 Å². The lowest BCUT2D eigenvalue weighted by Crippen LogP contribution is -2.40. The lowest BCUT2D eigenvalue weighted by molar-refractivity contribution is -0.143. The van der Waals surface area contributed by atoms with Crippen LogP contribution in [0.4, 0.5) is 4.39 Å². The summed E-state index contributed by atoms with van der Waals surface area (Å²) in [4.78, 5) is 23.1. The highest BCUT2D eigenvalue weighted by atomic mass is 19.1. The van der Waals surface area contributed by atoms with Gasteiger partial charge in [0, 0.05) is 11.6 Å². The number of hydrogen-bond acceptors (Lipinski definition) is 2. The number of nitrogens with one attached hydrogen (secondary N) is 1. The zero-order valence-electron chi connectivity index (χ0n) is 11.4. The third kappa shape index (κ3) is 3.35. The van der Waals surface area contributed by atoms with Crippen LogP contribution in [0.1, 0.15) is 41.6 Å². The minimum atomic E-state index is -0.804. The molecule has 0 bridgehead atoms. The molecule has 1 aromatic carbocycles. The summed E-state index contributed by atoms with van der Waals surface area (Å²) in [6.07, 6.45) is 2.71. The molecule has 2 N–H and O–H groups in total. The molecular weight excluding hydrogens is 261 g/mol. The van der Waals surface area contributed by atoms with E-state index in [1.807, 2.05) is 0 Å². The first-order valence-electron chi connectivity index (χ1n) is 6.77.